The summed E-state index contributed by atoms with van der Waals surface area (Å²) in [4.78, 5) is 4.12. The number of hydrogen-bond acceptors (Lipinski definition) is 5. The van der Waals surface area contributed by atoms with Gasteiger partial charge < -0.3 is 19.3 Å². The first kappa shape index (κ1) is 17.9. The summed E-state index contributed by atoms with van der Waals surface area (Å²) in [6, 6.07) is 5.52. The average molecular weight is 397 g/mol. The molecule has 4 rings (SSSR count). The number of ether oxygens (including phenoxy) is 2. The summed E-state index contributed by atoms with van der Waals surface area (Å²) in [6.45, 7) is 6.18. The highest BCUT2D eigenvalue weighted by Gasteiger charge is 2.51. The molecule has 0 radical (unpaired) electrons. The fraction of sp³-hybridized carbons (Fsp3) is 0.611. The summed E-state index contributed by atoms with van der Waals surface area (Å²) in [5.41, 5.74) is 0.874. The Balaban J connectivity index is 1.67. The Morgan fingerprint density at radius 1 is 1.15 bits per heavy atom. The molecule has 0 saturated carbocycles. The topological polar surface area (TPSA) is 59.1 Å². The van der Waals surface area contributed by atoms with Crippen molar-refractivity contribution in [2.75, 3.05) is 36.2 Å². The van der Waals surface area contributed by atoms with Gasteiger partial charge in [0.2, 0.25) is 0 Å². The number of rotatable bonds is 4. The van der Waals surface area contributed by atoms with Crippen molar-refractivity contribution in [3.63, 3.8) is 0 Å². The van der Waals surface area contributed by atoms with Gasteiger partial charge in [-0.3, -0.25) is 0 Å². The lowest BCUT2D eigenvalue weighted by Crippen LogP contribution is -2.38. The third kappa shape index (κ3) is 3.13. The van der Waals surface area contributed by atoms with Crippen LogP contribution in [0.1, 0.15) is 20.3 Å². The molecule has 2 atom stereocenters. The molecule has 1 aromatic carbocycles. The van der Waals surface area contributed by atoms with Crippen LogP contribution in [0.2, 0.25) is 0 Å². The van der Waals surface area contributed by atoms with Gasteiger partial charge in [0.05, 0.1) is 23.6 Å². The monoisotopic (exact) mass is 396 g/mol. The van der Waals surface area contributed by atoms with Crippen LogP contribution < -0.4 is 14.4 Å². The zero-order valence-electron chi connectivity index (χ0n) is 15.1. The highest BCUT2D eigenvalue weighted by molar-refractivity contribution is 7.91. The maximum Gasteiger partial charge on any atom is 0.176 e. The highest BCUT2D eigenvalue weighted by Crippen LogP contribution is 2.39. The Morgan fingerprint density at radius 2 is 1.85 bits per heavy atom. The Hall–Kier alpha value is -1.54. The molecule has 0 aromatic heterocycles. The average Bonchev–Trinajstić information content (AvgIpc) is 3.01. The molecule has 2 fully saturated rings. The lowest BCUT2D eigenvalue weighted by molar-refractivity contribution is 0.171. The molecular weight excluding hydrogens is 372 g/mol. The van der Waals surface area contributed by atoms with Crippen LogP contribution >= 0.6 is 12.2 Å². The van der Waals surface area contributed by atoms with Gasteiger partial charge in [0, 0.05) is 18.3 Å². The molecule has 3 aliphatic heterocycles. The van der Waals surface area contributed by atoms with Crippen molar-refractivity contribution in [3.8, 4) is 11.5 Å². The summed E-state index contributed by atoms with van der Waals surface area (Å²) < 4.78 is 35.9. The van der Waals surface area contributed by atoms with Crippen LogP contribution in [0.15, 0.2) is 18.2 Å². The van der Waals surface area contributed by atoms with E-state index in [1.54, 1.807) is 0 Å². The van der Waals surface area contributed by atoms with E-state index in [1.807, 2.05) is 23.1 Å². The van der Waals surface area contributed by atoms with E-state index in [-0.39, 0.29) is 23.6 Å². The molecule has 3 aliphatic rings. The number of nitrogens with zero attached hydrogens (tertiary/aromatic N) is 2. The minimum atomic E-state index is -3.06. The molecule has 1 aromatic rings. The van der Waals surface area contributed by atoms with E-state index in [4.69, 9.17) is 21.7 Å². The van der Waals surface area contributed by atoms with Crippen LogP contribution in [-0.4, -0.2) is 61.8 Å². The van der Waals surface area contributed by atoms with Crippen molar-refractivity contribution < 1.29 is 17.9 Å². The molecule has 0 spiro atoms. The largest absolute Gasteiger partial charge is 0.486 e. The van der Waals surface area contributed by atoms with E-state index in [9.17, 15) is 8.42 Å². The second-order valence-corrected chi connectivity index (χ2v) is 10.1. The first-order chi connectivity index (χ1) is 12.4. The molecule has 0 aliphatic carbocycles. The zero-order valence-corrected chi connectivity index (χ0v) is 16.7. The third-order valence-corrected chi connectivity index (χ3v) is 7.36. The van der Waals surface area contributed by atoms with Crippen LogP contribution in [0.5, 0.6) is 11.5 Å². The Bertz CT molecular complexity index is 824. The van der Waals surface area contributed by atoms with Crippen LogP contribution in [0.3, 0.4) is 0 Å². The lowest BCUT2D eigenvalue weighted by atomic mass is 10.1. The van der Waals surface area contributed by atoms with Crippen molar-refractivity contribution in [2.24, 2.45) is 5.92 Å². The zero-order chi connectivity index (χ0) is 18.5. The van der Waals surface area contributed by atoms with Gasteiger partial charge in [-0.15, -0.1) is 0 Å². The number of fused-ring (bicyclic) bond motifs is 2. The highest BCUT2D eigenvalue weighted by atomic mass is 32.2. The molecule has 3 heterocycles. The van der Waals surface area contributed by atoms with Gasteiger partial charge in [-0.25, -0.2) is 8.42 Å². The molecule has 0 unspecified atom stereocenters. The number of anilines is 1. The van der Waals surface area contributed by atoms with Crippen LogP contribution in [0.25, 0.3) is 0 Å². The first-order valence-corrected chi connectivity index (χ1v) is 11.3. The molecular formula is C18H24N2O4S2. The molecule has 0 N–H and O–H groups in total. The predicted octanol–water partition coefficient (Wildman–Crippen LogP) is 2.08. The van der Waals surface area contributed by atoms with Crippen molar-refractivity contribution in [3.05, 3.63) is 18.2 Å². The maximum absolute atomic E-state index is 12.3. The van der Waals surface area contributed by atoms with Gasteiger partial charge in [0.25, 0.3) is 0 Å². The maximum atomic E-state index is 12.3. The normalized spacial score (nSPS) is 26.5. The van der Waals surface area contributed by atoms with Crippen LogP contribution in [0.4, 0.5) is 5.69 Å². The summed E-state index contributed by atoms with van der Waals surface area (Å²) in [5, 5.41) is 0.715. The third-order valence-electron chi connectivity index (χ3n) is 5.23. The van der Waals surface area contributed by atoms with Crippen molar-refractivity contribution in [1.82, 2.24) is 4.90 Å². The van der Waals surface area contributed by atoms with Crippen LogP contribution in [-0.2, 0) is 9.84 Å². The second kappa shape index (κ2) is 6.56. The van der Waals surface area contributed by atoms with Gasteiger partial charge in [0.1, 0.15) is 13.2 Å². The van der Waals surface area contributed by atoms with Gasteiger partial charge >= 0.3 is 0 Å². The van der Waals surface area contributed by atoms with Crippen molar-refractivity contribution >= 4 is 32.9 Å². The smallest absolute Gasteiger partial charge is 0.176 e. The quantitative estimate of drug-likeness (QED) is 0.722. The Labute approximate surface area is 160 Å². The van der Waals surface area contributed by atoms with Gasteiger partial charge in [-0.05, 0) is 36.7 Å². The van der Waals surface area contributed by atoms with E-state index >= 15 is 0 Å². The minimum Gasteiger partial charge on any atom is -0.486 e. The summed E-state index contributed by atoms with van der Waals surface area (Å²) in [7, 11) is -3.06. The van der Waals surface area contributed by atoms with Gasteiger partial charge in [-0.1, -0.05) is 13.8 Å². The van der Waals surface area contributed by atoms with Crippen molar-refractivity contribution in [1.29, 1.82) is 0 Å². The molecule has 0 bridgehead atoms. The molecule has 6 nitrogen and oxygen atoms in total. The Kier molecular flexibility index (Phi) is 4.51. The summed E-state index contributed by atoms with van der Waals surface area (Å²) >= 11 is 5.76. The summed E-state index contributed by atoms with van der Waals surface area (Å²) in [5.74, 6) is 2.27. The van der Waals surface area contributed by atoms with E-state index in [2.05, 4.69) is 18.7 Å². The number of thiocarbonyl (C=S) groups is 1. The number of hydrogen-bond donors (Lipinski definition) is 0. The van der Waals surface area contributed by atoms with E-state index in [0.29, 0.717) is 30.0 Å². The van der Waals surface area contributed by atoms with Gasteiger partial charge in [-0.2, -0.15) is 0 Å². The second-order valence-electron chi connectivity index (χ2n) is 7.57. The van der Waals surface area contributed by atoms with E-state index < -0.39 is 9.84 Å². The van der Waals surface area contributed by atoms with Crippen molar-refractivity contribution in [2.45, 2.75) is 32.4 Å². The number of sulfone groups is 1. The standard InChI is InChI=1S/C18H24N2O4S2/c1-12(2)5-6-19-14-10-26(21,22)11-15(14)20(18(19)25)13-3-4-16-17(9-13)24-8-7-23-16/h3-4,9,12,14-15H,5-8,10-11H2,1-2H3/t14-,15-/m1/s1. The fourth-order valence-corrected chi connectivity index (χ4v) is 6.34. The molecule has 142 valence electrons. The molecule has 0 amide bonds. The Morgan fingerprint density at radius 3 is 2.58 bits per heavy atom. The molecule has 26 heavy (non-hydrogen) atoms. The molecule has 2 saturated heterocycles. The van der Waals surface area contributed by atoms with E-state index in [0.717, 1.165) is 24.4 Å². The number of benzene rings is 1. The summed E-state index contributed by atoms with van der Waals surface area (Å²) in [6.07, 6.45) is 0.985. The van der Waals surface area contributed by atoms with Gasteiger partial charge in [0.15, 0.2) is 26.4 Å². The molecule has 8 heteroatoms. The van der Waals surface area contributed by atoms with Crippen LogP contribution in [0, 0.1) is 5.92 Å². The SMILES string of the molecule is CC(C)CCN1C(=S)N(c2ccc3c(c2)OCCO3)[C@@H]2CS(=O)(=O)C[C@H]21. The first-order valence-electron chi connectivity index (χ1n) is 9.05. The fourth-order valence-electron chi connectivity index (χ4n) is 3.92. The van der Waals surface area contributed by atoms with E-state index in [1.165, 1.54) is 0 Å². The lowest BCUT2D eigenvalue weighted by Gasteiger charge is -2.27. The minimum absolute atomic E-state index is 0.0700. The predicted molar refractivity (Wildman–Crippen MR) is 105 cm³/mol.